The molecule has 2 aliphatic heterocycles. The third-order valence-electron chi connectivity index (χ3n) is 9.55. The van der Waals surface area contributed by atoms with Crippen LogP contribution >= 0.6 is 11.6 Å². The molecule has 1 saturated heterocycles. The van der Waals surface area contributed by atoms with E-state index < -0.39 is 20.2 Å². The molecule has 0 aromatic heterocycles. The van der Waals surface area contributed by atoms with Gasteiger partial charge in [0.2, 0.25) is 9.84 Å². The first-order chi connectivity index (χ1) is 22.3. The molecule has 47 heavy (non-hydrogen) atoms. The molecular formula is C34H46ClN3O8S. The lowest BCUT2D eigenvalue weighted by molar-refractivity contribution is -1.21. The maximum atomic E-state index is 12.9. The van der Waals surface area contributed by atoms with Gasteiger partial charge in [0.15, 0.2) is 0 Å². The van der Waals surface area contributed by atoms with Crippen molar-refractivity contribution >= 4 is 39.4 Å². The van der Waals surface area contributed by atoms with Crippen LogP contribution in [0.5, 0.6) is 0 Å². The molecule has 11 nitrogen and oxygen atoms in total. The maximum absolute atomic E-state index is 12.9. The zero-order chi connectivity index (χ0) is 34.2. The van der Waals surface area contributed by atoms with Crippen molar-refractivity contribution in [2.45, 2.75) is 74.7 Å². The number of oxime groups is 1. The zero-order valence-electron chi connectivity index (χ0n) is 27.1. The lowest BCUT2D eigenvalue weighted by atomic mass is 9.61. The number of rotatable bonds is 17. The Kier molecular flexibility index (Phi) is 12.6. The quantitative estimate of drug-likeness (QED) is 0.0666. The molecule has 4 rings (SSSR count). The lowest BCUT2D eigenvalue weighted by Crippen LogP contribution is -2.51. The molecule has 0 radical (unpaired) electrons. The second-order valence-corrected chi connectivity index (χ2v) is 15.2. The highest BCUT2D eigenvalue weighted by Crippen LogP contribution is 2.49. The second-order valence-electron chi connectivity index (χ2n) is 12.9. The number of carbonyl (C=O) groups excluding carboxylic acids is 2. The second kappa shape index (κ2) is 16.0. The number of carbonyl (C=O) groups is 2. The molecule has 2 fully saturated rings. The van der Waals surface area contributed by atoms with Gasteiger partial charge in [0.25, 0.3) is 0 Å². The van der Waals surface area contributed by atoms with E-state index in [0.717, 1.165) is 50.6 Å². The summed E-state index contributed by atoms with van der Waals surface area (Å²) >= 11 is 6.16. The Balaban J connectivity index is 1.13. The number of benzene rings is 1. The molecular weight excluding hydrogens is 646 g/mol. The SMILES string of the molecule is C=C[C@]1(C)CC[C@@H](C(=C)CN2CC[C@H](OC(=O)CCCC(=O)CCO[N+]3([O-])ON=CC3S(=O)(=O)c3ccccc3)C2)C[C@H]1C(=C)CCl. The van der Waals surface area contributed by atoms with E-state index in [2.05, 4.69) is 41.7 Å². The Bertz CT molecular complexity index is 1450. The largest absolute Gasteiger partial charge is 0.551 e. The summed E-state index contributed by atoms with van der Waals surface area (Å²) < 4.78 is 31.4. The average molecular weight is 692 g/mol. The van der Waals surface area contributed by atoms with E-state index >= 15 is 0 Å². The highest BCUT2D eigenvalue weighted by molar-refractivity contribution is 7.92. The van der Waals surface area contributed by atoms with E-state index in [9.17, 15) is 23.2 Å². The number of hydrogen-bond acceptors (Lipinski definition) is 10. The number of quaternary nitrogens is 1. The first kappa shape index (κ1) is 37.0. The topological polar surface area (TPSA) is 135 Å². The summed E-state index contributed by atoms with van der Waals surface area (Å²) in [6, 6.07) is 7.42. The fourth-order valence-corrected chi connectivity index (χ4v) is 8.23. The first-order valence-electron chi connectivity index (χ1n) is 16.0. The predicted octanol–water partition coefficient (Wildman–Crippen LogP) is 5.67. The Labute approximate surface area is 282 Å². The van der Waals surface area contributed by atoms with Gasteiger partial charge in [0.1, 0.15) is 24.7 Å². The van der Waals surface area contributed by atoms with Crippen molar-refractivity contribution in [3.05, 3.63) is 72.5 Å². The fraction of sp³-hybridized carbons (Fsp3) is 0.559. The summed E-state index contributed by atoms with van der Waals surface area (Å²) in [4.78, 5) is 34.8. The van der Waals surface area contributed by atoms with Gasteiger partial charge >= 0.3 is 11.3 Å². The molecule has 13 heteroatoms. The molecule has 0 amide bonds. The Hall–Kier alpha value is -2.87. The highest BCUT2D eigenvalue weighted by atomic mass is 35.5. The van der Waals surface area contributed by atoms with Gasteiger partial charge in [-0.1, -0.05) is 55.5 Å². The molecule has 2 heterocycles. The number of esters is 1. The summed E-state index contributed by atoms with van der Waals surface area (Å²) in [5, 5.41) is 14.5. The van der Waals surface area contributed by atoms with Crippen LogP contribution in [0.3, 0.4) is 0 Å². The monoisotopic (exact) mass is 691 g/mol. The van der Waals surface area contributed by atoms with E-state index in [1.165, 1.54) is 29.8 Å². The molecule has 0 spiro atoms. The standard InChI is InChI=1S/C34H46ClN3O8S/c1-5-34(4)17-14-27(20-31(34)25(2)21-35)26(3)23-37-18-15-29(24-37)45-33(40)13-9-10-28(39)16-19-44-38(41)32(22-36-46-38)47(42,43)30-11-7-6-8-12-30/h5-8,11-12,22,27,29,31-32H,1-3,9-10,13-21,23-24H2,4H3/t27-,29+,31+,32?,34-,38?/m1/s1. The van der Waals surface area contributed by atoms with Crippen molar-refractivity contribution in [1.29, 1.82) is 0 Å². The Morgan fingerprint density at radius 3 is 2.64 bits per heavy atom. The predicted molar refractivity (Wildman–Crippen MR) is 179 cm³/mol. The fourth-order valence-electron chi connectivity index (χ4n) is 6.58. The number of likely N-dealkylation sites (tertiary alicyclic amines) is 1. The smallest absolute Gasteiger partial charge is 0.306 e. The number of allylic oxidation sites excluding steroid dienone is 2. The van der Waals surface area contributed by atoms with E-state index in [4.69, 9.17) is 21.2 Å². The van der Waals surface area contributed by atoms with E-state index in [0.29, 0.717) is 18.3 Å². The van der Waals surface area contributed by atoms with Gasteiger partial charge in [0, 0.05) is 49.7 Å². The number of hydroxylamine groups is 3. The third kappa shape index (κ3) is 9.18. The van der Waals surface area contributed by atoms with Crippen LogP contribution in [0.25, 0.3) is 0 Å². The van der Waals surface area contributed by atoms with Crippen molar-refractivity contribution in [3.63, 3.8) is 0 Å². The molecule has 258 valence electrons. The maximum Gasteiger partial charge on any atom is 0.306 e. The third-order valence-corrected chi connectivity index (χ3v) is 11.8. The molecule has 2 unspecified atom stereocenters. The molecule has 0 N–H and O–H groups in total. The number of ether oxygens (including phenoxy) is 1. The number of nitrogens with zero attached hydrogens (tertiary/aromatic N) is 3. The van der Waals surface area contributed by atoms with Crippen LogP contribution in [0.2, 0.25) is 0 Å². The molecule has 0 bridgehead atoms. The summed E-state index contributed by atoms with van der Waals surface area (Å²) in [5.74, 6) is 0.475. The average Bonchev–Trinajstić information content (AvgIpc) is 3.67. The van der Waals surface area contributed by atoms with Crippen LogP contribution in [-0.2, 0) is 33.9 Å². The molecule has 6 atom stereocenters. The minimum atomic E-state index is -4.15. The highest BCUT2D eigenvalue weighted by Gasteiger charge is 2.49. The van der Waals surface area contributed by atoms with Crippen molar-refractivity contribution in [1.82, 2.24) is 4.90 Å². The Morgan fingerprint density at radius 2 is 1.94 bits per heavy atom. The van der Waals surface area contributed by atoms with Crippen LogP contribution in [0.4, 0.5) is 0 Å². The number of alkyl halides is 1. The number of Topliss-reactive ketones (excluding diaryl/α,β-unsaturated/α-hetero) is 1. The molecule has 1 aromatic carbocycles. The summed E-state index contributed by atoms with van der Waals surface area (Å²) in [6.45, 7) is 16.8. The molecule has 1 aromatic rings. The van der Waals surface area contributed by atoms with Crippen LogP contribution in [-0.4, -0.2) is 79.9 Å². The molecule has 3 aliphatic rings. The van der Waals surface area contributed by atoms with E-state index in [1.54, 1.807) is 6.07 Å². The van der Waals surface area contributed by atoms with Crippen LogP contribution in [0.15, 0.2) is 77.3 Å². The molecule has 1 aliphatic carbocycles. The van der Waals surface area contributed by atoms with Crippen molar-refractivity contribution < 1.29 is 37.5 Å². The number of halogens is 1. The van der Waals surface area contributed by atoms with Crippen LogP contribution in [0, 0.1) is 22.5 Å². The first-order valence-corrected chi connectivity index (χ1v) is 18.1. The minimum absolute atomic E-state index is 0.00928. The van der Waals surface area contributed by atoms with Crippen LogP contribution in [0.1, 0.15) is 58.3 Å². The number of sulfone groups is 1. The van der Waals surface area contributed by atoms with E-state index in [1.807, 2.05) is 6.08 Å². The van der Waals surface area contributed by atoms with Gasteiger partial charge in [-0.2, -0.15) is 9.78 Å². The van der Waals surface area contributed by atoms with Crippen molar-refractivity contribution in [2.75, 3.05) is 32.1 Å². The summed E-state index contributed by atoms with van der Waals surface area (Å²) in [5.41, 5.74) is 2.22. The Morgan fingerprint density at radius 1 is 1.19 bits per heavy atom. The van der Waals surface area contributed by atoms with Gasteiger partial charge in [-0.15, -0.1) is 18.2 Å². The lowest BCUT2D eigenvalue weighted by Gasteiger charge is -2.44. The number of hydrogen-bond donors (Lipinski definition) is 0. The summed E-state index contributed by atoms with van der Waals surface area (Å²) in [7, 11) is -4.15. The van der Waals surface area contributed by atoms with Gasteiger partial charge in [0.05, 0.1) is 4.90 Å². The van der Waals surface area contributed by atoms with Gasteiger partial charge in [-0.05, 0) is 66.6 Å². The minimum Gasteiger partial charge on any atom is -0.551 e. The zero-order valence-corrected chi connectivity index (χ0v) is 28.6. The van der Waals surface area contributed by atoms with Gasteiger partial charge in [-0.3, -0.25) is 14.5 Å². The van der Waals surface area contributed by atoms with E-state index in [-0.39, 0.29) is 66.4 Å². The van der Waals surface area contributed by atoms with Crippen LogP contribution < -0.4 is 0 Å². The number of ketones is 1. The van der Waals surface area contributed by atoms with Gasteiger partial charge < -0.3 is 9.94 Å². The van der Waals surface area contributed by atoms with Gasteiger partial charge in [-0.25, -0.2) is 8.42 Å². The molecule has 1 saturated carbocycles. The normalized spacial score (nSPS) is 29.3. The van der Waals surface area contributed by atoms with Crippen molar-refractivity contribution in [3.8, 4) is 0 Å². The summed E-state index contributed by atoms with van der Waals surface area (Å²) in [6.07, 6.45) is 6.75. The van der Waals surface area contributed by atoms with Crippen molar-refractivity contribution in [2.24, 2.45) is 22.4 Å².